The lowest BCUT2D eigenvalue weighted by Crippen LogP contribution is -2.67. The Balaban J connectivity index is 2.52. The highest BCUT2D eigenvalue weighted by Gasteiger charge is 2.52. The molecule has 1 N–H and O–H groups in total. The Morgan fingerprint density at radius 2 is 1.53 bits per heavy atom. The van der Waals surface area contributed by atoms with Crippen LogP contribution in [0.2, 0.25) is 0 Å². The number of ether oxygens (including phenoxy) is 6. The second-order valence-corrected chi connectivity index (χ2v) is 7.33. The number of nitrogens with one attached hydrogen (secondary N) is 1. The molecule has 1 fully saturated rings. The smallest absolute Gasteiger partial charge is 0.341 e. The summed E-state index contributed by atoms with van der Waals surface area (Å²) >= 11 is 0. The lowest BCUT2D eigenvalue weighted by atomic mass is 9.96. The van der Waals surface area contributed by atoms with Crippen LogP contribution in [0.5, 0.6) is 5.75 Å². The molecule has 1 aliphatic heterocycles. The van der Waals surface area contributed by atoms with Crippen molar-refractivity contribution in [3.8, 4) is 5.75 Å². The lowest BCUT2D eigenvalue weighted by Gasteiger charge is -2.44. The maximum atomic E-state index is 12.2. The third-order valence-electron chi connectivity index (χ3n) is 4.61. The zero-order valence-corrected chi connectivity index (χ0v) is 19.4. The van der Waals surface area contributed by atoms with Crippen LogP contribution < -0.4 is 10.1 Å². The summed E-state index contributed by atoms with van der Waals surface area (Å²) < 4.78 is 32.3. The number of hydrogen-bond acceptors (Lipinski definition) is 11. The van der Waals surface area contributed by atoms with Gasteiger partial charge >= 0.3 is 23.9 Å². The summed E-state index contributed by atoms with van der Waals surface area (Å²) in [5, 5.41) is 2.58. The van der Waals surface area contributed by atoms with Crippen molar-refractivity contribution in [2.45, 2.75) is 58.3 Å². The molecule has 1 aromatic carbocycles. The molecule has 0 aromatic heterocycles. The molecule has 1 amide bonds. The van der Waals surface area contributed by atoms with E-state index in [1.54, 1.807) is 12.1 Å². The molecule has 0 bridgehead atoms. The summed E-state index contributed by atoms with van der Waals surface area (Å²) in [6.45, 7) is 4.28. The Hall–Kier alpha value is -3.67. The van der Waals surface area contributed by atoms with Crippen LogP contribution in [-0.2, 0) is 42.9 Å². The van der Waals surface area contributed by atoms with Crippen molar-refractivity contribution in [3.05, 3.63) is 29.8 Å². The van der Waals surface area contributed by atoms with Gasteiger partial charge in [-0.1, -0.05) is 12.1 Å². The van der Waals surface area contributed by atoms with E-state index in [4.69, 9.17) is 28.4 Å². The van der Waals surface area contributed by atoms with Crippen molar-refractivity contribution >= 4 is 29.8 Å². The van der Waals surface area contributed by atoms with Gasteiger partial charge in [-0.2, -0.15) is 0 Å². The van der Waals surface area contributed by atoms with E-state index in [9.17, 15) is 24.0 Å². The molecule has 186 valence electrons. The van der Waals surface area contributed by atoms with Crippen LogP contribution in [0, 0.1) is 0 Å². The maximum absolute atomic E-state index is 12.2. The minimum Gasteiger partial charge on any atom is -0.465 e. The lowest BCUT2D eigenvalue weighted by molar-refractivity contribution is -0.257. The van der Waals surface area contributed by atoms with Gasteiger partial charge in [0.1, 0.15) is 30.1 Å². The maximum Gasteiger partial charge on any atom is 0.341 e. The first kappa shape index (κ1) is 26.6. The van der Waals surface area contributed by atoms with Gasteiger partial charge in [-0.25, -0.2) is 4.79 Å². The molecule has 5 atom stereocenters. The minimum absolute atomic E-state index is 0.0495. The number of amides is 1. The van der Waals surface area contributed by atoms with E-state index >= 15 is 0 Å². The molecule has 0 saturated carbocycles. The first-order chi connectivity index (χ1) is 16.0. The predicted molar refractivity (Wildman–Crippen MR) is 112 cm³/mol. The molecule has 1 aliphatic rings. The van der Waals surface area contributed by atoms with Crippen LogP contribution in [0.3, 0.4) is 0 Å². The van der Waals surface area contributed by atoms with Gasteiger partial charge in [0.15, 0.2) is 12.2 Å². The predicted octanol–water partition coefficient (Wildman–Crippen LogP) is 0.508. The highest BCUT2D eigenvalue weighted by Crippen LogP contribution is 2.30. The number of para-hydroxylation sites is 1. The van der Waals surface area contributed by atoms with Gasteiger partial charge in [0.25, 0.3) is 0 Å². The summed E-state index contributed by atoms with van der Waals surface area (Å²) in [7, 11) is 1.20. The van der Waals surface area contributed by atoms with Crippen molar-refractivity contribution in [1.82, 2.24) is 5.32 Å². The number of benzene rings is 1. The summed E-state index contributed by atoms with van der Waals surface area (Å²) in [6.07, 6.45) is -5.04. The largest absolute Gasteiger partial charge is 0.465 e. The fourth-order valence-corrected chi connectivity index (χ4v) is 3.36. The molecule has 0 radical (unpaired) electrons. The Kier molecular flexibility index (Phi) is 9.36. The van der Waals surface area contributed by atoms with E-state index in [1.165, 1.54) is 33.1 Å². The SMILES string of the molecule is COC(=O)c1ccccc1O[C@@H]1O[C@H](COC(C)=O)[C@@H](OC(C)=O)[C@H](OC(C)=O)[C@H]1NC(C)=O. The molecule has 0 spiro atoms. The fraction of sp³-hybridized carbons (Fsp3) is 0.500. The zero-order valence-electron chi connectivity index (χ0n) is 19.4. The van der Waals surface area contributed by atoms with Crippen molar-refractivity contribution in [3.63, 3.8) is 0 Å². The Bertz CT molecular complexity index is 931. The molecule has 1 saturated heterocycles. The Labute approximate surface area is 195 Å². The number of esters is 4. The third-order valence-corrected chi connectivity index (χ3v) is 4.61. The van der Waals surface area contributed by atoms with Crippen molar-refractivity contribution in [2.24, 2.45) is 0 Å². The quantitative estimate of drug-likeness (QED) is 0.408. The van der Waals surface area contributed by atoms with Crippen LogP contribution in [-0.4, -0.2) is 74.1 Å². The van der Waals surface area contributed by atoms with E-state index in [0.717, 1.165) is 13.8 Å². The molecule has 0 aliphatic carbocycles. The molecule has 2 rings (SSSR count). The van der Waals surface area contributed by atoms with E-state index in [-0.39, 0.29) is 17.9 Å². The highest BCUT2D eigenvalue weighted by atomic mass is 16.7. The van der Waals surface area contributed by atoms with Gasteiger partial charge in [0, 0.05) is 27.7 Å². The van der Waals surface area contributed by atoms with Gasteiger partial charge in [-0.05, 0) is 12.1 Å². The monoisotopic (exact) mass is 481 g/mol. The molecule has 12 heteroatoms. The van der Waals surface area contributed by atoms with E-state index in [1.807, 2.05) is 0 Å². The number of carbonyl (C=O) groups excluding carboxylic acids is 5. The molecular formula is C22H27NO11. The van der Waals surface area contributed by atoms with Gasteiger partial charge in [0.05, 0.1) is 7.11 Å². The van der Waals surface area contributed by atoms with Crippen LogP contribution in [0.4, 0.5) is 0 Å². The van der Waals surface area contributed by atoms with Crippen LogP contribution in [0.15, 0.2) is 24.3 Å². The normalized spacial score (nSPS) is 23.7. The first-order valence-corrected chi connectivity index (χ1v) is 10.3. The van der Waals surface area contributed by atoms with Crippen LogP contribution in [0.25, 0.3) is 0 Å². The van der Waals surface area contributed by atoms with Crippen molar-refractivity contribution in [2.75, 3.05) is 13.7 Å². The first-order valence-electron chi connectivity index (χ1n) is 10.3. The molecule has 34 heavy (non-hydrogen) atoms. The standard InChI is InChI=1S/C22H27NO11/c1-11(24)23-18-20(32-14(4)27)19(31-13(3)26)17(10-30-12(2)25)34-22(18)33-16-9-7-6-8-15(16)21(28)29-5/h6-9,17-20,22H,10H2,1-5H3,(H,23,24)/t17-,18-,19-,20-,22-/m1/s1. The fourth-order valence-electron chi connectivity index (χ4n) is 3.36. The van der Waals surface area contributed by atoms with Crippen molar-refractivity contribution < 1.29 is 52.4 Å². The molecule has 12 nitrogen and oxygen atoms in total. The van der Waals surface area contributed by atoms with Gasteiger partial charge in [-0.3, -0.25) is 19.2 Å². The number of methoxy groups -OCH3 is 1. The van der Waals surface area contributed by atoms with Crippen LogP contribution in [0.1, 0.15) is 38.1 Å². The third kappa shape index (κ3) is 7.17. The molecule has 1 aromatic rings. The molecular weight excluding hydrogens is 454 g/mol. The second kappa shape index (κ2) is 12.0. The summed E-state index contributed by atoms with van der Waals surface area (Å²) in [4.78, 5) is 59.2. The Morgan fingerprint density at radius 3 is 2.09 bits per heavy atom. The minimum atomic E-state index is -1.36. The van der Waals surface area contributed by atoms with Gasteiger partial charge < -0.3 is 33.7 Å². The number of hydrogen-bond donors (Lipinski definition) is 1. The van der Waals surface area contributed by atoms with Crippen LogP contribution >= 0.6 is 0 Å². The summed E-state index contributed by atoms with van der Waals surface area (Å²) in [5.41, 5.74) is 0.0675. The zero-order chi connectivity index (χ0) is 25.4. The van der Waals surface area contributed by atoms with E-state index in [0.29, 0.717) is 0 Å². The van der Waals surface area contributed by atoms with Crippen molar-refractivity contribution in [1.29, 1.82) is 0 Å². The average Bonchev–Trinajstić information content (AvgIpc) is 2.75. The summed E-state index contributed by atoms with van der Waals surface area (Å²) in [6, 6.07) is 4.94. The topological polar surface area (TPSA) is 153 Å². The summed E-state index contributed by atoms with van der Waals surface area (Å²) in [5.74, 6) is -3.26. The molecule has 0 unspecified atom stereocenters. The average molecular weight is 481 g/mol. The number of carbonyl (C=O) groups is 5. The van der Waals surface area contributed by atoms with E-state index < -0.39 is 60.4 Å². The Morgan fingerprint density at radius 1 is 0.912 bits per heavy atom. The molecule has 1 heterocycles. The van der Waals surface area contributed by atoms with Gasteiger partial charge in [0.2, 0.25) is 12.2 Å². The highest BCUT2D eigenvalue weighted by molar-refractivity contribution is 5.92. The van der Waals surface area contributed by atoms with E-state index in [2.05, 4.69) is 5.32 Å². The second-order valence-electron chi connectivity index (χ2n) is 7.33. The number of rotatable bonds is 8. The van der Waals surface area contributed by atoms with Gasteiger partial charge in [-0.15, -0.1) is 0 Å².